The number of aliphatic hydroxyl groups is 1. The first-order chi connectivity index (χ1) is 17.6. The number of aliphatic hydroxyl groups excluding tert-OH is 1. The van der Waals surface area contributed by atoms with Crippen LogP contribution in [0.3, 0.4) is 0 Å². The molecule has 2 aromatic rings. The monoisotopic (exact) mass is 488 g/mol. The molecular weight excluding hydrogens is 456 g/mol. The van der Waals surface area contributed by atoms with Gasteiger partial charge in [0.15, 0.2) is 0 Å². The maximum absolute atomic E-state index is 14.0. The summed E-state index contributed by atoms with van der Waals surface area (Å²) >= 11 is 0. The number of carbonyl (C=O) groups is 2. The fraction of sp³-hybridized carbons (Fsp3) is 0.500. The Morgan fingerprint density at radius 1 is 1.03 bits per heavy atom. The molecule has 0 radical (unpaired) electrons. The molecule has 1 N–H and O–H groups in total. The lowest BCUT2D eigenvalue weighted by atomic mass is 9.85. The van der Waals surface area contributed by atoms with Crippen LogP contribution in [0.15, 0.2) is 47.5 Å². The van der Waals surface area contributed by atoms with Crippen molar-refractivity contribution in [1.82, 2.24) is 19.4 Å². The van der Waals surface area contributed by atoms with Crippen LogP contribution in [0.1, 0.15) is 66.2 Å². The fourth-order valence-electron chi connectivity index (χ4n) is 6.79. The van der Waals surface area contributed by atoms with Gasteiger partial charge in [0.1, 0.15) is 0 Å². The number of fused-ring (bicyclic) bond motifs is 4. The van der Waals surface area contributed by atoms with Crippen LogP contribution in [0, 0.1) is 11.8 Å². The topological polar surface area (TPSA) is 95.7 Å². The molecule has 8 heteroatoms. The number of piperidine rings is 1. The minimum Gasteiger partial charge on any atom is -0.396 e. The summed E-state index contributed by atoms with van der Waals surface area (Å²) in [5.41, 5.74) is 2.91. The van der Waals surface area contributed by atoms with Gasteiger partial charge in [0.25, 0.3) is 11.5 Å². The molecule has 5 heterocycles. The Bertz CT molecular complexity index is 1260. The van der Waals surface area contributed by atoms with Crippen molar-refractivity contribution in [1.29, 1.82) is 0 Å². The van der Waals surface area contributed by atoms with Crippen LogP contribution >= 0.6 is 0 Å². The molecule has 4 atom stereocenters. The maximum Gasteiger partial charge on any atom is 0.258 e. The van der Waals surface area contributed by atoms with E-state index in [9.17, 15) is 19.5 Å². The van der Waals surface area contributed by atoms with E-state index in [2.05, 4.69) is 11.1 Å². The number of amides is 2. The van der Waals surface area contributed by atoms with E-state index in [4.69, 9.17) is 0 Å². The second kappa shape index (κ2) is 9.32. The number of hydrogen-bond acceptors (Lipinski definition) is 5. The first kappa shape index (κ1) is 23.2. The van der Waals surface area contributed by atoms with Crippen molar-refractivity contribution in [3.8, 4) is 0 Å². The molecule has 0 aromatic carbocycles. The lowest BCUT2D eigenvalue weighted by molar-refractivity contribution is -0.139. The Morgan fingerprint density at radius 3 is 2.50 bits per heavy atom. The predicted octanol–water partition coefficient (Wildman–Crippen LogP) is 2.63. The van der Waals surface area contributed by atoms with Gasteiger partial charge in [-0.2, -0.15) is 0 Å². The first-order valence-electron chi connectivity index (χ1n) is 13.2. The molecule has 6 rings (SSSR count). The maximum atomic E-state index is 14.0. The van der Waals surface area contributed by atoms with Gasteiger partial charge in [-0.15, -0.1) is 0 Å². The molecule has 4 aliphatic rings. The molecule has 2 aromatic heterocycles. The zero-order valence-electron chi connectivity index (χ0n) is 20.4. The normalized spacial score (nSPS) is 27.1. The van der Waals surface area contributed by atoms with Crippen molar-refractivity contribution in [2.24, 2.45) is 11.8 Å². The van der Waals surface area contributed by atoms with Crippen molar-refractivity contribution in [2.45, 2.75) is 57.2 Å². The van der Waals surface area contributed by atoms with Gasteiger partial charge in [-0.1, -0.05) is 6.08 Å². The number of pyridine rings is 2. The summed E-state index contributed by atoms with van der Waals surface area (Å²) in [6, 6.07) is 6.10. The number of likely N-dealkylation sites (tertiary alicyclic amines) is 1. The van der Waals surface area contributed by atoms with Gasteiger partial charge >= 0.3 is 0 Å². The van der Waals surface area contributed by atoms with Crippen molar-refractivity contribution >= 4 is 17.4 Å². The van der Waals surface area contributed by atoms with Crippen LogP contribution < -0.4 is 5.56 Å². The number of allylic oxidation sites excluding steroid dienone is 2. The largest absolute Gasteiger partial charge is 0.396 e. The molecule has 2 amide bonds. The van der Waals surface area contributed by atoms with E-state index in [1.165, 1.54) is 0 Å². The molecule has 2 fully saturated rings. The van der Waals surface area contributed by atoms with E-state index in [1.807, 2.05) is 17.0 Å². The zero-order chi connectivity index (χ0) is 24.8. The molecule has 8 nitrogen and oxygen atoms in total. The van der Waals surface area contributed by atoms with Gasteiger partial charge in [0, 0.05) is 61.4 Å². The summed E-state index contributed by atoms with van der Waals surface area (Å²) in [6.45, 7) is 1.45. The van der Waals surface area contributed by atoms with E-state index < -0.39 is 23.9 Å². The fourth-order valence-corrected chi connectivity index (χ4v) is 6.79. The van der Waals surface area contributed by atoms with Gasteiger partial charge in [-0.3, -0.25) is 19.4 Å². The van der Waals surface area contributed by atoms with Crippen LogP contribution in [-0.2, 0) is 11.3 Å². The Labute approximate surface area is 210 Å². The highest BCUT2D eigenvalue weighted by Gasteiger charge is 2.58. The van der Waals surface area contributed by atoms with Crippen LogP contribution in [0.4, 0.5) is 0 Å². The van der Waals surface area contributed by atoms with Crippen molar-refractivity contribution in [3.05, 3.63) is 69.9 Å². The van der Waals surface area contributed by atoms with E-state index in [0.29, 0.717) is 29.9 Å². The Balaban J connectivity index is 1.48. The number of rotatable bonds is 4. The van der Waals surface area contributed by atoms with Crippen LogP contribution in [0.5, 0.6) is 0 Å². The highest BCUT2D eigenvalue weighted by atomic mass is 16.3. The van der Waals surface area contributed by atoms with Crippen molar-refractivity contribution in [2.75, 3.05) is 19.7 Å². The zero-order valence-corrected chi connectivity index (χ0v) is 20.4. The van der Waals surface area contributed by atoms with E-state index in [1.54, 1.807) is 34.0 Å². The molecule has 2 saturated heterocycles. The SMILES string of the molecule is O=C([C@H]1[C@H](CO)[C@H]2Cn3c(ccc(C4=CCCC4)c3=O)[C@@H]1N2C(=O)c1ccncc1)N1CCCCC1. The molecule has 0 unspecified atom stereocenters. The number of aromatic nitrogens is 2. The standard InChI is InChI=1S/C28H32N4O4/c33-17-21-23-16-31-22(9-8-20(27(31)35)18-6-2-3-7-18)25(24(21)28(36)30-14-4-1-5-15-30)32(23)26(34)19-10-12-29-13-11-19/h6,8-13,21,23-25,33H,1-5,7,14-17H2/t21-,23-,24+,25+/m1/s1. The molecule has 0 spiro atoms. The summed E-state index contributed by atoms with van der Waals surface area (Å²) in [7, 11) is 0. The van der Waals surface area contributed by atoms with E-state index in [-0.39, 0.29) is 30.5 Å². The highest BCUT2D eigenvalue weighted by molar-refractivity contribution is 5.96. The third kappa shape index (κ3) is 3.61. The van der Waals surface area contributed by atoms with E-state index in [0.717, 1.165) is 44.1 Å². The average Bonchev–Trinajstić information content (AvgIpc) is 3.53. The molecule has 2 bridgehead atoms. The summed E-state index contributed by atoms with van der Waals surface area (Å²) in [5, 5.41) is 10.6. The summed E-state index contributed by atoms with van der Waals surface area (Å²) < 4.78 is 1.77. The van der Waals surface area contributed by atoms with E-state index >= 15 is 0 Å². The summed E-state index contributed by atoms with van der Waals surface area (Å²) in [4.78, 5) is 49.2. The minimum atomic E-state index is -0.602. The number of hydrogen-bond donors (Lipinski definition) is 1. The van der Waals surface area contributed by atoms with Gasteiger partial charge in [0.05, 0.1) is 18.0 Å². The summed E-state index contributed by atoms with van der Waals surface area (Å²) in [5.74, 6) is -1.24. The predicted molar refractivity (Wildman–Crippen MR) is 134 cm³/mol. The lowest BCUT2D eigenvalue weighted by Crippen LogP contribution is -2.49. The summed E-state index contributed by atoms with van der Waals surface area (Å²) in [6.07, 6.45) is 11.3. The second-order valence-electron chi connectivity index (χ2n) is 10.4. The molecule has 1 aliphatic carbocycles. The Hall–Kier alpha value is -3.26. The van der Waals surface area contributed by atoms with Gasteiger partial charge < -0.3 is 19.5 Å². The van der Waals surface area contributed by atoms with Crippen LogP contribution in [-0.4, -0.2) is 62.0 Å². The van der Waals surface area contributed by atoms with Crippen molar-refractivity contribution < 1.29 is 14.7 Å². The number of nitrogens with zero attached hydrogens (tertiary/aromatic N) is 4. The average molecular weight is 489 g/mol. The third-order valence-electron chi connectivity index (χ3n) is 8.55. The second-order valence-corrected chi connectivity index (χ2v) is 10.4. The molecular formula is C28H32N4O4. The Morgan fingerprint density at radius 2 is 1.81 bits per heavy atom. The molecule has 188 valence electrons. The quantitative estimate of drug-likeness (QED) is 0.714. The molecule has 36 heavy (non-hydrogen) atoms. The highest BCUT2D eigenvalue weighted by Crippen LogP contribution is 2.49. The smallest absolute Gasteiger partial charge is 0.258 e. The molecule has 0 saturated carbocycles. The van der Waals surface area contributed by atoms with Crippen LogP contribution in [0.2, 0.25) is 0 Å². The Kier molecular flexibility index (Phi) is 5.99. The lowest BCUT2D eigenvalue weighted by Gasteiger charge is -2.39. The van der Waals surface area contributed by atoms with Gasteiger partial charge in [-0.05, 0) is 68.4 Å². The minimum absolute atomic E-state index is 0.0164. The molecule has 3 aliphatic heterocycles. The van der Waals surface area contributed by atoms with Crippen molar-refractivity contribution in [3.63, 3.8) is 0 Å². The third-order valence-corrected chi connectivity index (χ3v) is 8.55. The number of carbonyl (C=O) groups excluding carboxylic acids is 2. The van der Waals surface area contributed by atoms with Gasteiger partial charge in [0.2, 0.25) is 5.91 Å². The van der Waals surface area contributed by atoms with Crippen LogP contribution in [0.25, 0.3) is 5.57 Å². The first-order valence-corrected chi connectivity index (χ1v) is 13.2. The van der Waals surface area contributed by atoms with Gasteiger partial charge in [-0.25, -0.2) is 0 Å².